The molecule has 0 saturated carbocycles. The highest BCUT2D eigenvalue weighted by Crippen LogP contribution is 2.29. The molecule has 2 amide bonds. The molecule has 2 aromatic carbocycles. The van der Waals surface area contributed by atoms with Gasteiger partial charge in [-0.1, -0.05) is 19.9 Å². The maximum Gasteiger partial charge on any atom is 0.257 e. The highest BCUT2D eigenvalue weighted by molar-refractivity contribution is 6.02. The van der Waals surface area contributed by atoms with E-state index in [0.29, 0.717) is 42.0 Å². The van der Waals surface area contributed by atoms with Gasteiger partial charge in [-0.15, -0.1) is 0 Å². The van der Waals surface area contributed by atoms with Crippen molar-refractivity contribution in [3.63, 3.8) is 0 Å². The number of rotatable bonds is 11. The average Bonchev–Trinajstić information content (AvgIpc) is 2.76. The molecule has 2 rings (SSSR count). The Morgan fingerprint density at radius 3 is 2.42 bits per heavy atom. The van der Waals surface area contributed by atoms with E-state index in [-0.39, 0.29) is 18.4 Å². The summed E-state index contributed by atoms with van der Waals surface area (Å²) < 4.78 is 16.5. The summed E-state index contributed by atoms with van der Waals surface area (Å²) in [6.45, 7) is 7.11. The summed E-state index contributed by atoms with van der Waals surface area (Å²) in [5.74, 6) is 1.80. The lowest BCUT2D eigenvalue weighted by Crippen LogP contribution is -2.28. The van der Waals surface area contributed by atoms with E-state index in [1.165, 1.54) is 6.08 Å². The Labute approximate surface area is 183 Å². The molecule has 0 aliphatic carbocycles. The Bertz CT molecular complexity index is 891. The number of nitrogens with one attached hydrogen (secondary N) is 2. The van der Waals surface area contributed by atoms with E-state index in [2.05, 4.69) is 24.5 Å². The van der Waals surface area contributed by atoms with E-state index < -0.39 is 0 Å². The van der Waals surface area contributed by atoms with Gasteiger partial charge in [-0.05, 0) is 60.9 Å². The van der Waals surface area contributed by atoms with Gasteiger partial charge in [-0.25, -0.2) is 0 Å². The second kappa shape index (κ2) is 12.3. The highest BCUT2D eigenvalue weighted by atomic mass is 16.5. The smallest absolute Gasteiger partial charge is 0.257 e. The van der Waals surface area contributed by atoms with Crippen LogP contribution < -0.4 is 24.8 Å². The first kappa shape index (κ1) is 23.8. The summed E-state index contributed by atoms with van der Waals surface area (Å²) in [6, 6.07) is 12.3. The predicted octanol–water partition coefficient (Wildman–Crippen LogP) is 3.90. The van der Waals surface area contributed by atoms with Gasteiger partial charge < -0.3 is 24.8 Å². The number of hydrogen-bond donors (Lipinski definition) is 2. The Hall–Kier alpha value is -3.48. The van der Waals surface area contributed by atoms with E-state index in [1.807, 2.05) is 25.1 Å². The third-order valence-electron chi connectivity index (χ3n) is 4.05. The Morgan fingerprint density at radius 1 is 1.03 bits per heavy atom. The fourth-order valence-corrected chi connectivity index (χ4v) is 2.55. The highest BCUT2D eigenvalue weighted by Gasteiger charge is 2.07. The van der Waals surface area contributed by atoms with Crippen LogP contribution in [0.25, 0.3) is 6.08 Å². The van der Waals surface area contributed by atoms with Gasteiger partial charge >= 0.3 is 0 Å². The molecule has 7 heteroatoms. The molecule has 0 saturated heterocycles. The molecular formula is C24H30N2O5. The van der Waals surface area contributed by atoms with E-state index in [9.17, 15) is 9.59 Å². The van der Waals surface area contributed by atoms with Crippen molar-refractivity contribution in [3.8, 4) is 17.2 Å². The summed E-state index contributed by atoms with van der Waals surface area (Å²) in [4.78, 5) is 23.6. The summed E-state index contributed by atoms with van der Waals surface area (Å²) in [6.07, 6.45) is 3.15. The first-order valence-corrected chi connectivity index (χ1v) is 10.2. The second-order valence-corrected chi connectivity index (χ2v) is 7.20. The quantitative estimate of drug-likeness (QED) is 0.533. The molecule has 2 N–H and O–H groups in total. The van der Waals surface area contributed by atoms with Crippen LogP contribution in [0.3, 0.4) is 0 Å². The van der Waals surface area contributed by atoms with Gasteiger partial charge in [0.05, 0.1) is 13.7 Å². The number of benzene rings is 2. The molecule has 166 valence electrons. The SMILES string of the molecule is CCNC(=O)COc1ccc(NC(=O)/C=C/c2ccc(OCC(C)C)c(OC)c2)cc1. The normalized spacial score (nSPS) is 10.7. The lowest BCUT2D eigenvalue weighted by atomic mass is 10.2. The fourth-order valence-electron chi connectivity index (χ4n) is 2.55. The molecule has 31 heavy (non-hydrogen) atoms. The summed E-state index contributed by atoms with van der Waals surface area (Å²) in [5.41, 5.74) is 1.44. The van der Waals surface area contributed by atoms with Crippen LogP contribution >= 0.6 is 0 Å². The number of carbonyl (C=O) groups excluding carboxylic acids is 2. The van der Waals surface area contributed by atoms with Gasteiger partial charge in [-0.2, -0.15) is 0 Å². The van der Waals surface area contributed by atoms with Crippen molar-refractivity contribution in [1.29, 1.82) is 0 Å². The molecule has 2 aromatic rings. The molecular weight excluding hydrogens is 396 g/mol. The van der Waals surface area contributed by atoms with Crippen molar-refractivity contribution < 1.29 is 23.8 Å². The Morgan fingerprint density at radius 2 is 1.77 bits per heavy atom. The number of ether oxygens (including phenoxy) is 3. The van der Waals surface area contributed by atoms with Crippen LogP contribution in [-0.2, 0) is 9.59 Å². The molecule has 0 bridgehead atoms. The van der Waals surface area contributed by atoms with Gasteiger partial charge in [-0.3, -0.25) is 9.59 Å². The minimum atomic E-state index is -0.268. The van der Waals surface area contributed by atoms with Crippen LogP contribution in [0.2, 0.25) is 0 Å². The van der Waals surface area contributed by atoms with Crippen LogP contribution in [0.1, 0.15) is 26.3 Å². The van der Waals surface area contributed by atoms with Crippen molar-refractivity contribution in [2.75, 3.05) is 32.2 Å². The maximum absolute atomic E-state index is 12.2. The molecule has 0 aliphatic heterocycles. The van der Waals surface area contributed by atoms with Crippen molar-refractivity contribution >= 4 is 23.6 Å². The van der Waals surface area contributed by atoms with Gasteiger partial charge in [0.2, 0.25) is 5.91 Å². The monoisotopic (exact) mass is 426 g/mol. The second-order valence-electron chi connectivity index (χ2n) is 7.20. The predicted molar refractivity (Wildman–Crippen MR) is 122 cm³/mol. The van der Waals surface area contributed by atoms with Crippen LogP contribution in [-0.4, -0.2) is 38.7 Å². The fraction of sp³-hybridized carbons (Fsp3) is 0.333. The van der Waals surface area contributed by atoms with Crippen LogP contribution in [0, 0.1) is 5.92 Å². The maximum atomic E-state index is 12.2. The molecule has 0 radical (unpaired) electrons. The van der Waals surface area contributed by atoms with Gasteiger partial charge in [0.25, 0.3) is 5.91 Å². The molecule has 0 fully saturated rings. The number of carbonyl (C=O) groups is 2. The number of methoxy groups -OCH3 is 1. The first-order chi connectivity index (χ1) is 14.9. The Balaban J connectivity index is 1.91. The average molecular weight is 427 g/mol. The molecule has 0 aliphatic rings. The largest absolute Gasteiger partial charge is 0.493 e. The molecule has 0 heterocycles. The van der Waals surface area contributed by atoms with Crippen LogP contribution in [0.5, 0.6) is 17.2 Å². The minimum absolute atomic E-state index is 0.0486. The van der Waals surface area contributed by atoms with Gasteiger partial charge in [0.1, 0.15) is 5.75 Å². The zero-order valence-electron chi connectivity index (χ0n) is 18.4. The summed E-state index contributed by atoms with van der Waals surface area (Å²) in [7, 11) is 1.58. The van der Waals surface area contributed by atoms with Crippen molar-refractivity contribution in [2.24, 2.45) is 5.92 Å². The van der Waals surface area contributed by atoms with Crippen molar-refractivity contribution in [2.45, 2.75) is 20.8 Å². The lowest BCUT2D eigenvalue weighted by molar-refractivity contribution is -0.123. The van der Waals surface area contributed by atoms with E-state index >= 15 is 0 Å². The standard InChI is InChI=1S/C24H30N2O5/c1-5-25-24(28)16-30-20-10-8-19(9-11-20)26-23(27)13-7-18-6-12-21(22(14-18)29-4)31-15-17(2)3/h6-14,17H,5,15-16H2,1-4H3,(H,25,28)(H,26,27)/b13-7+. The van der Waals surface area contributed by atoms with Crippen LogP contribution in [0.15, 0.2) is 48.5 Å². The molecule has 0 atom stereocenters. The summed E-state index contributed by atoms with van der Waals surface area (Å²) >= 11 is 0. The number of likely N-dealkylation sites (N-methyl/N-ethyl adjacent to an activating group) is 1. The van der Waals surface area contributed by atoms with E-state index in [0.717, 1.165) is 5.56 Å². The number of anilines is 1. The van der Waals surface area contributed by atoms with E-state index in [4.69, 9.17) is 14.2 Å². The lowest BCUT2D eigenvalue weighted by Gasteiger charge is -2.12. The van der Waals surface area contributed by atoms with E-state index in [1.54, 1.807) is 37.5 Å². The number of amides is 2. The zero-order valence-corrected chi connectivity index (χ0v) is 18.4. The summed E-state index contributed by atoms with van der Waals surface area (Å²) in [5, 5.41) is 5.44. The zero-order chi connectivity index (χ0) is 22.6. The molecule has 0 spiro atoms. The van der Waals surface area contributed by atoms with Crippen molar-refractivity contribution in [3.05, 3.63) is 54.1 Å². The Kier molecular flexibility index (Phi) is 9.42. The molecule has 0 unspecified atom stereocenters. The number of hydrogen-bond acceptors (Lipinski definition) is 5. The third-order valence-corrected chi connectivity index (χ3v) is 4.05. The first-order valence-electron chi connectivity index (χ1n) is 10.2. The van der Waals surface area contributed by atoms with Gasteiger partial charge in [0, 0.05) is 18.3 Å². The van der Waals surface area contributed by atoms with Crippen LogP contribution in [0.4, 0.5) is 5.69 Å². The topological polar surface area (TPSA) is 85.9 Å². The molecule has 0 aromatic heterocycles. The van der Waals surface area contributed by atoms with Crippen molar-refractivity contribution in [1.82, 2.24) is 5.32 Å². The molecule has 7 nitrogen and oxygen atoms in total. The van der Waals surface area contributed by atoms with Gasteiger partial charge in [0.15, 0.2) is 18.1 Å². The third kappa shape index (κ3) is 8.42. The minimum Gasteiger partial charge on any atom is -0.493 e.